The molecule has 0 saturated carbocycles. The van der Waals surface area contributed by atoms with E-state index in [2.05, 4.69) is 0 Å². The van der Waals surface area contributed by atoms with Crippen LogP contribution in [-0.2, 0) is 9.47 Å². The Morgan fingerprint density at radius 3 is 2.28 bits per heavy atom. The van der Waals surface area contributed by atoms with Crippen molar-refractivity contribution in [2.24, 2.45) is 5.92 Å². The molecular weight excluding hydrogens is 261 g/mol. The normalized spacial score (nSPS) is 24.9. The van der Waals surface area contributed by atoms with Crippen LogP contribution in [0.3, 0.4) is 0 Å². The summed E-state index contributed by atoms with van der Waals surface area (Å²) in [7, 11) is -0.929. The van der Waals surface area contributed by atoms with Crippen LogP contribution in [0, 0.1) is 23.4 Å². The second-order valence-electron chi connectivity index (χ2n) is 4.61. The van der Waals surface area contributed by atoms with Gasteiger partial charge >= 0.3 is 0 Å². The highest BCUT2D eigenvalue weighted by Crippen LogP contribution is 2.13. The lowest BCUT2D eigenvalue weighted by Crippen LogP contribution is -2.33. The van der Waals surface area contributed by atoms with Crippen molar-refractivity contribution in [1.29, 1.82) is 0 Å². The minimum absolute atomic E-state index is 0.288. The summed E-state index contributed by atoms with van der Waals surface area (Å²) >= 11 is 0. The third kappa shape index (κ3) is 3.34. The Labute approximate surface area is 106 Å². The maximum atomic E-state index is 13.0. The molecule has 1 fully saturated rings. The zero-order valence-corrected chi connectivity index (χ0v) is 11.5. The third-order valence-electron chi connectivity index (χ3n) is 2.85. The predicted octanol–water partition coefficient (Wildman–Crippen LogP) is 1.33. The molecule has 1 heterocycles. The summed E-state index contributed by atoms with van der Waals surface area (Å²) in [6.07, 6.45) is -0.288. The van der Waals surface area contributed by atoms with Crippen LogP contribution in [-0.4, -0.2) is 29.0 Å². The van der Waals surface area contributed by atoms with E-state index in [0.29, 0.717) is 30.4 Å². The van der Waals surface area contributed by atoms with E-state index in [-0.39, 0.29) is 6.29 Å². The van der Waals surface area contributed by atoms with Crippen LogP contribution >= 0.6 is 0 Å². The van der Waals surface area contributed by atoms with Gasteiger partial charge in [-0.3, -0.25) is 0 Å². The Kier molecular flexibility index (Phi) is 4.42. The summed E-state index contributed by atoms with van der Waals surface area (Å²) < 4.78 is 49.7. The van der Waals surface area contributed by atoms with E-state index in [1.165, 1.54) is 0 Å². The van der Waals surface area contributed by atoms with Gasteiger partial charge in [-0.05, 0) is 18.2 Å². The first kappa shape index (κ1) is 13.6. The molecule has 0 bridgehead atoms. The van der Waals surface area contributed by atoms with Crippen molar-refractivity contribution in [3.63, 3.8) is 0 Å². The number of hydrogen-bond acceptors (Lipinski definition) is 2. The van der Waals surface area contributed by atoms with Crippen molar-refractivity contribution < 1.29 is 22.6 Å². The van der Waals surface area contributed by atoms with Crippen molar-refractivity contribution in [2.75, 3.05) is 13.2 Å². The van der Waals surface area contributed by atoms with E-state index in [9.17, 15) is 13.2 Å². The molecule has 1 saturated heterocycles. The van der Waals surface area contributed by atoms with Crippen molar-refractivity contribution in [1.82, 2.24) is 0 Å². The summed E-state index contributed by atoms with van der Waals surface area (Å²) in [6.45, 7) is 3.31. The zero-order valence-electron chi connectivity index (χ0n) is 10.1. The van der Waals surface area contributed by atoms with Gasteiger partial charge in [0.05, 0.1) is 22.7 Å². The highest BCUT2D eigenvalue weighted by atomic mass is 28.2. The molecule has 0 aromatic heterocycles. The van der Waals surface area contributed by atoms with Crippen molar-refractivity contribution >= 4 is 14.7 Å². The second kappa shape index (κ2) is 5.86. The molecule has 0 atom stereocenters. The Bertz CT molecular complexity index is 397. The topological polar surface area (TPSA) is 18.5 Å². The number of halogens is 3. The van der Waals surface area contributed by atoms with E-state index in [0.717, 1.165) is 12.1 Å². The molecule has 0 N–H and O–H groups in total. The Morgan fingerprint density at radius 2 is 1.72 bits per heavy atom. The van der Waals surface area contributed by atoms with Gasteiger partial charge in [-0.15, -0.1) is 0 Å². The van der Waals surface area contributed by atoms with Crippen LogP contribution in [0.25, 0.3) is 0 Å². The average Bonchev–Trinajstić information content (AvgIpc) is 2.35. The highest BCUT2D eigenvalue weighted by molar-refractivity contribution is 6.53. The number of ether oxygens (including phenoxy) is 2. The summed E-state index contributed by atoms with van der Waals surface area (Å²) in [4.78, 5) is 0. The molecule has 2 rings (SSSR count). The lowest BCUT2D eigenvalue weighted by Gasteiger charge is -2.27. The fraction of sp³-hybridized carbons (Fsp3) is 0.500. The summed E-state index contributed by atoms with van der Waals surface area (Å²) in [5.74, 6) is -3.29. The van der Waals surface area contributed by atoms with E-state index in [1.807, 2.05) is 6.92 Å². The first-order chi connectivity index (χ1) is 8.56. The van der Waals surface area contributed by atoms with E-state index < -0.39 is 27.0 Å². The minimum Gasteiger partial charge on any atom is -0.353 e. The molecule has 1 aromatic carbocycles. The molecule has 100 valence electrons. The molecule has 1 aliphatic rings. The largest absolute Gasteiger partial charge is 0.353 e. The van der Waals surface area contributed by atoms with E-state index >= 15 is 0 Å². The molecular formula is C12H15F3O2Si. The SMILES string of the molecule is CC1COC(C[SiH2]c2cc(F)c(F)c(F)c2)OC1. The highest BCUT2D eigenvalue weighted by Gasteiger charge is 2.19. The van der Waals surface area contributed by atoms with Crippen molar-refractivity contribution in [2.45, 2.75) is 19.3 Å². The van der Waals surface area contributed by atoms with Gasteiger partial charge in [-0.1, -0.05) is 12.1 Å². The lowest BCUT2D eigenvalue weighted by molar-refractivity contribution is -0.186. The first-order valence-corrected chi connectivity index (χ1v) is 7.63. The average molecular weight is 276 g/mol. The third-order valence-corrected chi connectivity index (χ3v) is 4.59. The molecule has 0 radical (unpaired) electrons. The molecule has 0 unspecified atom stereocenters. The van der Waals surface area contributed by atoms with Gasteiger partial charge in [-0.2, -0.15) is 0 Å². The van der Waals surface area contributed by atoms with E-state index in [4.69, 9.17) is 9.47 Å². The number of hydrogen-bond donors (Lipinski definition) is 0. The van der Waals surface area contributed by atoms with Crippen LogP contribution in [0.5, 0.6) is 0 Å². The fourth-order valence-corrected chi connectivity index (χ4v) is 3.39. The molecule has 0 amide bonds. The monoisotopic (exact) mass is 276 g/mol. The van der Waals surface area contributed by atoms with Crippen LogP contribution in [0.4, 0.5) is 13.2 Å². The Morgan fingerprint density at radius 1 is 1.17 bits per heavy atom. The second-order valence-corrected chi connectivity index (χ2v) is 6.51. The van der Waals surface area contributed by atoms with Crippen LogP contribution in [0.1, 0.15) is 6.92 Å². The van der Waals surface area contributed by atoms with Crippen LogP contribution in [0.2, 0.25) is 6.04 Å². The first-order valence-electron chi connectivity index (χ1n) is 5.93. The van der Waals surface area contributed by atoms with E-state index in [1.54, 1.807) is 0 Å². The van der Waals surface area contributed by atoms with Crippen LogP contribution < -0.4 is 5.19 Å². The van der Waals surface area contributed by atoms with Gasteiger partial charge in [0, 0.05) is 5.92 Å². The molecule has 18 heavy (non-hydrogen) atoms. The van der Waals surface area contributed by atoms with Crippen molar-refractivity contribution in [3.8, 4) is 0 Å². The summed E-state index contributed by atoms with van der Waals surface area (Å²) in [5, 5.41) is 0.539. The Balaban J connectivity index is 1.90. The molecule has 6 heteroatoms. The quantitative estimate of drug-likeness (QED) is 0.612. The summed E-state index contributed by atoms with van der Waals surface area (Å²) in [6, 6.07) is 2.77. The molecule has 0 spiro atoms. The fourth-order valence-electron chi connectivity index (χ4n) is 1.84. The maximum absolute atomic E-state index is 13.0. The number of benzene rings is 1. The predicted molar refractivity (Wildman–Crippen MR) is 64.2 cm³/mol. The molecule has 1 aliphatic heterocycles. The zero-order chi connectivity index (χ0) is 13.1. The molecule has 1 aromatic rings. The van der Waals surface area contributed by atoms with Crippen LogP contribution in [0.15, 0.2) is 12.1 Å². The standard InChI is InChI=1S/C12H15F3O2Si/c1-7-4-16-11(17-5-7)6-18-8-2-9(13)12(15)10(14)3-8/h2-3,7,11H,4-6,18H2,1H3. The molecule has 2 nitrogen and oxygen atoms in total. The van der Waals surface area contributed by atoms with Gasteiger partial charge in [0.15, 0.2) is 23.7 Å². The summed E-state index contributed by atoms with van der Waals surface area (Å²) in [5.41, 5.74) is 0. The number of rotatable bonds is 3. The van der Waals surface area contributed by atoms with Gasteiger partial charge in [0.2, 0.25) is 0 Å². The minimum atomic E-state index is -1.41. The Hall–Kier alpha value is -0.853. The van der Waals surface area contributed by atoms with Gasteiger partial charge in [0.25, 0.3) is 0 Å². The lowest BCUT2D eigenvalue weighted by atomic mass is 10.2. The van der Waals surface area contributed by atoms with Gasteiger partial charge < -0.3 is 9.47 Å². The van der Waals surface area contributed by atoms with Gasteiger partial charge in [-0.25, -0.2) is 13.2 Å². The smallest absolute Gasteiger partial charge is 0.194 e. The van der Waals surface area contributed by atoms with Gasteiger partial charge in [0.1, 0.15) is 0 Å². The maximum Gasteiger partial charge on any atom is 0.194 e. The molecule has 0 aliphatic carbocycles. The van der Waals surface area contributed by atoms with Crippen molar-refractivity contribution in [3.05, 3.63) is 29.6 Å².